The second-order valence-corrected chi connectivity index (χ2v) is 7.96. The molecular weight excluding hydrogens is 368 g/mol. The molecule has 2 amide bonds. The molecule has 4 rings (SSSR count). The first-order chi connectivity index (χ1) is 13.6. The summed E-state index contributed by atoms with van der Waals surface area (Å²) in [6.07, 6.45) is 0.956. The van der Waals surface area contributed by atoms with Crippen molar-refractivity contribution in [3.05, 3.63) is 87.6 Å². The van der Waals surface area contributed by atoms with E-state index in [2.05, 4.69) is 12.2 Å². The number of hydrogen-bond donors (Lipinski definition) is 1. The van der Waals surface area contributed by atoms with Gasteiger partial charge in [-0.2, -0.15) is 0 Å². The first kappa shape index (κ1) is 18.4. The molecule has 5 heteroatoms. The molecular formula is C23H22N2O2S. The predicted molar refractivity (Wildman–Crippen MR) is 113 cm³/mol. The summed E-state index contributed by atoms with van der Waals surface area (Å²) in [6.45, 7) is 2.10. The number of rotatable bonds is 4. The van der Waals surface area contributed by atoms with Gasteiger partial charge in [-0.15, -0.1) is 11.3 Å². The highest BCUT2D eigenvalue weighted by atomic mass is 32.1. The molecule has 1 aliphatic heterocycles. The normalized spacial score (nSPS) is 18.6. The van der Waals surface area contributed by atoms with Gasteiger partial charge in [-0.05, 0) is 47.2 Å². The Bertz CT molecular complexity index is 996. The summed E-state index contributed by atoms with van der Waals surface area (Å²) >= 11 is 1.57. The average molecular weight is 391 g/mol. The van der Waals surface area contributed by atoms with Crippen LogP contribution in [-0.2, 0) is 11.2 Å². The molecule has 2 atom stereocenters. The maximum absolute atomic E-state index is 13.4. The fraction of sp³-hybridized carbons (Fsp3) is 0.217. The summed E-state index contributed by atoms with van der Waals surface area (Å²) in [5, 5.41) is 5.04. The lowest BCUT2D eigenvalue weighted by molar-refractivity contribution is -0.119. The van der Waals surface area contributed by atoms with Crippen molar-refractivity contribution in [1.29, 1.82) is 0 Å². The van der Waals surface area contributed by atoms with Crippen molar-refractivity contribution in [2.45, 2.75) is 25.3 Å². The van der Waals surface area contributed by atoms with E-state index in [4.69, 9.17) is 0 Å². The zero-order chi connectivity index (χ0) is 19.7. The van der Waals surface area contributed by atoms with Crippen LogP contribution >= 0.6 is 11.3 Å². The van der Waals surface area contributed by atoms with Crippen LogP contribution in [0, 0.1) is 0 Å². The standard InChI is InChI=1S/C23H22N2O2S/c1-3-15-10-12-16(13-11-15)24-22(26)20-17-7-4-5-8-18(17)23(27)25(2)21(20)19-9-6-14-28-19/h4-14,20-21H,3H2,1-2H3,(H,24,26)/t20-,21-/m0/s1. The Morgan fingerprint density at radius 3 is 2.50 bits per heavy atom. The summed E-state index contributed by atoms with van der Waals surface area (Å²) < 4.78 is 0. The van der Waals surface area contributed by atoms with E-state index in [0.29, 0.717) is 5.56 Å². The molecule has 0 saturated heterocycles. The summed E-state index contributed by atoms with van der Waals surface area (Å²) in [7, 11) is 1.78. The summed E-state index contributed by atoms with van der Waals surface area (Å²) in [6, 6.07) is 19.0. The van der Waals surface area contributed by atoms with Crippen molar-refractivity contribution in [1.82, 2.24) is 4.90 Å². The van der Waals surface area contributed by atoms with Crippen molar-refractivity contribution in [2.75, 3.05) is 12.4 Å². The molecule has 0 unspecified atom stereocenters. The molecule has 0 spiro atoms. The average Bonchev–Trinajstić information content (AvgIpc) is 3.25. The molecule has 2 heterocycles. The fourth-order valence-corrected chi connectivity index (χ4v) is 4.72. The third-order valence-corrected chi connectivity index (χ3v) is 6.27. The van der Waals surface area contributed by atoms with E-state index in [1.807, 2.05) is 60.0 Å². The SMILES string of the molecule is CCc1ccc(NC(=O)[C@H]2c3ccccc3C(=O)N(C)[C@H]2c2cccs2)cc1. The molecule has 1 aromatic heterocycles. The minimum absolute atomic E-state index is 0.0506. The Labute approximate surface area is 168 Å². The molecule has 0 bridgehead atoms. The van der Waals surface area contributed by atoms with Gasteiger partial charge in [0.2, 0.25) is 5.91 Å². The Hall–Kier alpha value is -2.92. The van der Waals surface area contributed by atoms with E-state index in [0.717, 1.165) is 22.5 Å². The van der Waals surface area contributed by atoms with Crippen LogP contribution in [-0.4, -0.2) is 23.8 Å². The molecule has 2 aromatic carbocycles. The molecule has 1 aliphatic rings. The molecule has 3 aromatic rings. The van der Waals surface area contributed by atoms with Crippen LogP contribution in [0.1, 0.15) is 45.2 Å². The van der Waals surface area contributed by atoms with Gasteiger partial charge >= 0.3 is 0 Å². The number of thiophene rings is 1. The minimum Gasteiger partial charge on any atom is -0.333 e. The highest BCUT2D eigenvalue weighted by Gasteiger charge is 2.43. The molecule has 0 aliphatic carbocycles. The number of carbonyl (C=O) groups is 2. The molecule has 0 radical (unpaired) electrons. The summed E-state index contributed by atoms with van der Waals surface area (Å²) in [5.41, 5.74) is 3.37. The van der Waals surface area contributed by atoms with Crippen LogP contribution < -0.4 is 5.32 Å². The van der Waals surface area contributed by atoms with Crippen LogP contribution in [0.25, 0.3) is 0 Å². The van der Waals surface area contributed by atoms with Gasteiger partial charge in [0, 0.05) is 23.2 Å². The molecule has 1 N–H and O–H groups in total. The number of aryl methyl sites for hydroxylation is 1. The minimum atomic E-state index is -0.469. The number of carbonyl (C=O) groups excluding carboxylic acids is 2. The van der Waals surface area contributed by atoms with E-state index >= 15 is 0 Å². The number of amides is 2. The number of likely N-dealkylation sites (N-methyl/N-ethyl adjacent to an activating group) is 1. The van der Waals surface area contributed by atoms with Crippen molar-refractivity contribution < 1.29 is 9.59 Å². The second-order valence-electron chi connectivity index (χ2n) is 6.98. The van der Waals surface area contributed by atoms with Crippen LogP contribution in [0.2, 0.25) is 0 Å². The van der Waals surface area contributed by atoms with Gasteiger partial charge in [-0.3, -0.25) is 9.59 Å². The summed E-state index contributed by atoms with van der Waals surface area (Å²) in [5.74, 6) is -0.622. The van der Waals surface area contributed by atoms with E-state index < -0.39 is 5.92 Å². The first-order valence-corrected chi connectivity index (χ1v) is 10.3. The smallest absolute Gasteiger partial charge is 0.254 e. The lowest BCUT2D eigenvalue weighted by Crippen LogP contribution is -2.43. The Balaban J connectivity index is 1.74. The first-order valence-electron chi connectivity index (χ1n) is 9.39. The highest BCUT2D eigenvalue weighted by Crippen LogP contribution is 2.43. The third kappa shape index (κ3) is 3.22. The van der Waals surface area contributed by atoms with Gasteiger partial charge in [0.1, 0.15) is 0 Å². The monoisotopic (exact) mass is 390 g/mol. The Morgan fingerprint density at radius 2 is 1.82 bits per heavy atom. The molecule has 142 valence electrons. The van der Waals surface area contributed by atoms with Crippen LogP contribution in [0.3, 0.4) is 0 Å². The Morgan fingerprint density at radius 1 is 1.07 bits per heavy atom. The lowest BCUT2D eigenvalue weighted by Gasteiger charge is -2.39. The van der Waals surface area contributed by atoms with Crippen LogP contribution in [0.4, 0.5) is 5.69 Å². The topological polar surface area (TPSA) is 49.4 Å². The van der Waals surface area contributed by atoms with E-state index in [-0.39, 0.29) is 17.9 Å². The fourth-order valence-electron chi connectivity index (χ4n) is 3.82. The van der Waals surface area contributed by atoms with E-state index in [9.17, 15) is 9.59 Å². The number of anilines is 1. The predicted octanol–water partition coefficient (Wildman–Crippen LogP) is 4.86. The van der Waals surface area contributed by atoms with Crippen LogP contribution in [0.15, 0.2) is 66.0 Å². The maximum Gasteiger partial charge on any atom is 0.254 e. The number of nitrogens with zero attached hydrogens (tertiary/aromatic N) is 1. The molecule has 4 nitrogen and oxygen atoms in total. The number of hydrogen-bond acceptors (Lipinski definition) is 3. The van der Waals surface area contributed by atoms with Gasteiger partial charge in [-0.25, -0.2) is 0 Å². The van der Waals surface area contributed by atoms with Crippen LogP contribution in [0.5, 0.6) is 0 Å². The molecule has 0 fully saturated rings. The zero-order valence-electron chi connectivity index (χ0n) is 15.9. The Kier molecular flexibility index (Phi) is 5.01. The van der Waals surface area contributed by atoms with Crippen molar-refractivity contribution in [3.8, 4) is 0 Å². The highest BCUT2D eigenvalue weighted by molar-refractivity contribution is 7.10. The quantitative estimate of drug-likeness (QED) is 0.692. The lowest BCUT2D eigenvalue weighted by atomic mass is 9.81. The number of fused-ring (bicyclic) bond motifs is 1. The zero-order valence-corrected chi connectivity index (χ0v) is 16.7. The maximum atomic E-state index is 13.4. The number of benzene rings is 2. The van der Waals surface area contributed by atoms with Crippen molar-refractivity contribution in [2.24, 2.45) is 0 Å². The third-order valence-electron chi connectivity index (χ3n) is 5.33. The number of nitrogens with one attached hydrogen (secondary N) is 1. The second kappa shape index (κ2) is 7.60. The summed E-state index contributed by atoms with van der Waals surface area (Å²) in [4.78, 5) is 29.0. The van der Waals surface area contributed by atoms with Gasteiger partial charge in [-0.1, -0.05) is 43.3 Å². The van der Waals surface area contributed by atoms with Gasteiger partial charge < -0.3 is 10.2 Å². The van der Waals surface area contributed by atoms with Gasteiger partial charge in [0.05, 0.1) is 12.0 Å². The van der Waals surface area contributed by atoms with E-state index in [1.54, 1.807) is 29.4 Å². The van der Waals surface area contributed by atoms with Crippen molar-refractivity contribution in [3.63, 3.8) is 0 Å². The van der Waals surface area contributed by atoms with Gasteiger partial charge in [0.15, 0.2) is 0 Å². The molecule has 0 saturated carbocycles. The molecule has 28 heavy (non-hydrogen) atoms. The van der Waals surface area contributed by atoms with E-state index in [1.165, 1.54) is 5.56 Å². The van der Waals surface area contributed by atoms with Crippen molar-refractivity contribution >= 4 is 28.8 Å². The van der Waals surface area contributed by atoms with Gasteiger partial charge in [0.25, 0.3) is 5.91 Å². The largest absolute Gasteiger partial charge is 0.333 e.